The van der Waals surface area contributed by atoms with Crippen LogP contribution in [0, 0.1) is 13.8 Å². The molecule has 0 unspecified atom stereocenters. The van der Waals surface area contributed by atoms with Crippen LogP contribution in [0.3, 0.4) is 0 Å². The molecule has 0 saturated carbocycles. The lowest BCUT2D eigenvalue weighted by Gasteiger charge is -2.24. The third kappa shape index (κ3) is 3.61. The molecule has 2 rings (SSSR count). The molecule has 0 fully saturated rings. The van der Waals surface area contributed by atoms with Crippen LogP contribution in [0.25, 0.3) is 0 Å². The zero-order valence-corrected chi connectivity index (χ0v) is 13.5. The highest BCUT2D eigenvalue weighted by Crippen LogP contribution is 2.35. The zero-order chi connectivity index (χ0) is 15.6. The van der Waals surface area contributed by atoms with E-state index < -0.39 is 0 Å². The second kappa shape index (κ2) is 5.86. The minimum atomic E-state index is 0.0201. The Morgan fingerprint density at radius 1 is 1.10 bits per heavy atom. The topological polar surface area (TPSA) is 48.1 Å². The molecule has 1 heterocycles. The Morgan fingerprint density at radius 3 is 2.43 bits per heavy atom. The maximum atomic E-state index is 6.17. The Hall–Kier alpha value is -1.87. The third-order valence-electron chi connectivity index (χ3n) is 3.46. The van der Waals surface area contributed by atoms with Crippen LogP contribution >= 0.6 is 0 Å². The summed E-state index contributed by atoms with van der Waals surface area (Å²) in [6.07, 6.45) is 1.79. The van der Waals surface area contributed by atoms with Crippen molar-refractivity contribution in [2.45, 2.75) is 46.6 Å². The summed E-state index contributed by atoms with van der Waals surface area (Å²) in [6, 6.07) is 8.23. The van der Waals surface area contributed by atoms with Crippen LogP contribution in [-0.2, 0) is 12.0 Å². The molecule has 0 saturated heterocycles. The van der Waals surface area contributed by atoms with Crippen LogP contribution in [-0.4, -0.2) is 4.98 Å². The van der Waals surface area contributed by atoms with Crippen molar-refractivity contribution < 1.29 is 4.74 Å². The quantitative estimate of drug-likeness (QED) is 0.916. The summed E-state index contributed by atoms with van der Waals surface area (Å²) >= 11 is 0. The molecule has 1 aromatic heterocycles. The van der Waals surface area contributed by atoms with Crippen molar-refractivity contribution in [3.8, 4) is 11.5 Å². The fraction of sp³-hybridized carbons (Fsp3) is 0.389. The number of benzene rings is 1. The van der Waals surface area contributed by atoms with E-state index in [2.05, 4.69) is 44.8 Å². The molecule has 0 radical (unpaired) electrons. The third-order valence-corrected chi connectivity index (χ3v) is 3.46. The van der Waals surface area contributed by atoms with Gasteiger partial charge in [0.05, 0.1) is 0 Å². The Labute approximate surface area is 127 Å². The molecular weight excluding hydrogens is 260 g/mol. The number of hydrogen-bond acceptors (Lipinski definition) is 3. The van der Waals surface area contributed by atoms with Gasteiger partial charge in [0.25, 0.3) is 0 Å². The first-order valence-electron chi connectivity index (χ1n) is 7.26. The molecule has 0 aliphatic carbocycles. The van der Waals surface area contributed by atoms with Gasteiger partial charge in [-0.3, -0.25) is 4.98 Å². The highest BCUT2D eigenvalue weighted by atomic mass is 16.5. The van der Waals surface area contributed by atoms with Gasteiger partial charge in [-0.05, 0) is 25.3 Å². The molecule has 2 N–H and O–H groups in total. The Balaban J connectivity index is 2.47. The van der Waals surface area contributed by atoms with Crippen LogP contribution in [0.15, 0.2) is 30.5 Å². The summed E-state index contributed by atoms with van der Waals surface area (Å²) in [5, 5.41) is 0. The summed E-state index contributed by atoms with van der Waals surface area (Å²) in [6.45, 7) is 11.0. The lowest BCUT2D eigenvalue weighted by molar-refractivity contribution is 0.449. The Bertz CT molecular complexity index is 642. The second-order valence-corrected chi connectivity index (χ2v) is 6.49. The minimum absolute atomic E-state index is 0.0201. The average molecular weight is 284 g/mol. The summed E-state index contributed by atoms with van der Waals surface area (Å²) in [7, 11) is 0. The van der Waals surface area contributed by atoms with Crippen LogP contribution in [0.5, 0.6) is 11.5 Å². The average Bonchev–Trinajstić information content (AvgIpc) is 2.40. The van der Waals surface area contributed by atoms with Crippen molar-refractivity contribution in [1.29, 1.82) is 0 Å². The molecule has 3 nitrogen and oxygen atoms in total. The van der Waals surface area contributed by atoms with E-state index in [4.69, 9.17) is 10.5 Å². The van der Waals surface area contributed by atoms with Crippen LogP contribution in [0.1, 0.15) is 43.2 Å². The first-order valence-corrected chi connectivity index (χ1v) is 7.26. The van der Waals surface area contributed by atoms with Crippen LogP contribution in [0.4, 0.5) is 0 Å². The zero-order valence-electron chi connectivity index (χ0n) is 13.5. The predicted octanol–water partition coefficient (Wildman–Crippen LogP) is 4.25. The molecular formula is C18H24N2O. The van der Waals surface area contributed by atoms with E-state index in [9.17, 15) is 0 Å². The Morgan fingerprint density at radius 2 is 1.81 bits per heavy atom. The van der Waals surface area contributed by atoms with Gasteiger partial charge in [-0.25, -0.2) is 0 Å². The van der Waals surface area contributed by atoms with Gasteiger partial charge in [0.1, 0.15) is 11.5 Å². The van der Waals surface area contributed by atoms with E-state index in [0.717, 1.165) is 22.8 Å². The van der Waals surface area contributed by atoms with Gasteiger partial charge in [-0.15, -0.1) is 0 Å². The molecule has 3 heteroatoms. The van der Waals surface area contributed by atoms with Gasteiger partial charge >= 0.3 is 0 Å². The van der Waals surface area contributed by atoms with Gasteiger partial charge < -0.3 is 10.5 Å². The highest BCUT2D eigenvalue weighted by molar-refractivity contribution is 5.45. The largest absolute Gasteiger partial charge is 0.457 e. The standard InChI is InChI=1S/C18H24N2O/c1-12-6-7-16(15(8-12)18(3,4)5)21-17-9-13(2)20-11-14(17)10-19/h6-9,11H,10,19H2,1-5H3. The first-order chi connectivity index (χ1) is 9.81. The molecule has 21 heavy (non-hydrogen) atoms. The molecule has 0 atom stereocenters. The van der Waals surface area contributed by atoms with Crippen molar-refractivity contribution in [2.75, 3.05) is 0 Å². The normalized spacial score (nSPS) is 11.5. The molecule has 0 amide bonds. The highest BCUT2D eigenvalue weighted by Gasteiger charge is 2.20. The van der Waals surface area contributed by atoms with Crippen molar-refractivity contribution in [3.63, 3.8) is 0 Å². The molecule has 0 aliphatic heterocycles. The fourth-order valence-corrected chi connectivity index (χ4v) is 2.25. The molecule has 0 aliphatic rings. The van der Waals surface area contributed by atoms with Gasteiger partial charge in [0.15, 0.2) is 0 Å². The lowest BCUT2D eigenvalue weighted by Crippen LogP contribution is -2.13. The number of pyridine rings is 1. The number of aromatic nitrogens is 1. The molecule has 2 aromatic rings. The Kier molecular flexibility index (Phi) is 4.33. The summed E-state index contributed by atoms with van der Waals surface area (Å²) in [4.78, 5) is 4.28. The van der Waals surface area contributed by atoms with Crippen molar-refractivity contribution >= 4 is 0 Å². The van der Waals surface area contributed by atoms with E-state index in [-0.39, 0.29) is 5.41 Å². The molecule has 0 spiro atoms. The lowest BCUT2D eigenvalue weighted by atomic mass is 9.85. The smallest absolute Gasteiger partial charge is 0.135 e. The number of ether oxygens (including phenoxy) is 1. The number of aryl methyl sites for hydroxylation is 2. The van der Waals surface area contributed by atoms with Crippen molar-refractivity contribution in [3.05, 3.63) is 52.8 Å². The molecule has 112 valence electrons. The van der Waals surface area contributed by atoms with E-state index >= 15 is 0 Å². The summed E-state index contributed by atoms with van der Waals surface area (Å²) in [5.41, 5.74) is 10.1. The van der Waals surface area contributed by atoms with E-state index in [0.29, 0.717) is 6.54 Å². The number of nitrogens with zero attached hydrogens (tertiary/aromatic N) is 1. The first kappa shape index (κ1) is 15.5. The van der Waals surface area contributed by atoms with Crippen molar-refractivity contribution in [1.82, 2.24) is 4.98 Å². The maximum Gasteiger partial charge on any atom is 0.135 e. The van der Waals surface area contributed by atoms with Crippen LogP contribution < -0.4 is 10.5 Å². The minimum Gasteiger partial charge on any atom is -0.457 e. The number of hydrogen-bond donors (Lipinski definition) is 1. The SMILES string of the molecule is Cc1ccc(Oc2cc(C)ncc2CN)c(C(C)(C)C)c1. The molecule has 0 bridgehead atoms. The second-order valence-electron chi connectivity index (χ2n) is 6.49. The number of nitrogens with two attached hydrogens (primary N) is 1. The fourth-order valence-electron chi connectivity index (χ4n) is 2.25. The monoisotopic (exact) mass is 284 g/mol. The molecule has 1 aromatic carbocycles. The number of rotatable bonds is 3. The van der Waals surface area contributed by atoms with Crippen molar-refractivity contribution in [2.24, 2.45) is 5.73 Å². The van der Waals surface area contributed by atoms with Gasteiger partial charge in [-0.1, -0.05) is 38.5 Å². The van der Waals surface area contributed by atoms with E-state index in [1.54, 1.807) is 6.20 Å². The van der Waals surface area contributed by atoms with E-state index in [1.165, 1.54) is 11.1 Å². The summed E-state index contributed by atoms with van der Waals surface area (Å²) in [5.74, 6) is 1.67. The predicted molar refractivity (Wildman–Crippen MR) is 86.8 cm³/mol. The van der Waals surface area contributed by atoms with E-state index in [1.807, 2.05) is 19.1 Å². The summed E-state index contributed by atoms with van der Waals surface area (Å²) < 4.78 is 6.17. The van der Waals surface area contributed by atoms with Gasteiger partial charge in [0.2, 0.25) is 0 Å². The van der Waals surface area contributed by atoms with Crippen LogP contribution in [0.2, 0.25) is 0 Å². The van der Waals surface area contributed by atoms with Gasteiger partial charge in [0, 0.05) is 35.6 Å². The maximum absolute atomic E-state index is 6.17. The van der Waals surface area contributed by atoms with Gasteiger partial charge in [-0.2, -0.15) is 0 Å².